The number of carbonyl (C=O) groups excluding carboxylic acids is 2. The van der Waals surface area contributed by atoms with Gasteiger partial charge in [0, 0.05) is 23.1 Å². The summed E-state index contributed by atoms with van der Waals surface area (Å²) in [4.78, 5) is 28.3. The maximum absolute atomic E-state index is 14.1. The van der Waals surface area contributed by atoms with Crippen LogP contribution in [0.15, 0.2) is 77.7 Å². The molecule has 43 heavy (non-hydrogen) atoms. The molecule has 3 rings (SSSR count). The highest BCUT2D eigenvalue weighted by atomic mass is 35.5. The topological polar surface area (TPSA) is 86.8 Å². The number of anilines is 1. The molecule has 0 aromatic heterocycles. The SMILES string of the molecule is CC[C@@H](C(=O)NCC(C)C)N(Cc1ccc(Cl)cc1Cl)C(=O)CN(c1cccc(C(F)(F)F)c1)S(=O)(=O)c1ccccc1. The molecule has 0 bridgehead atoms. The van der Waals surface area contributed by atoms with Gasteiger partial charge in [-0.2, -0.15) is 13.2 Å². The molecule has 0 unspecified atom stereocenters. The first-order valence-corrected chi connectivity index (χ1v) is 15.6. The molecule has 3 aromatic carbocycles. The van der Waals surface area contributed by atoms with Gasteiger partial charge in [0.25, 0.3) is 10.0 Å². The van der Waals surface area contributed by atoms with Crippen LogP contribution in [0.3, 0.4) is 0 Å². The highest BCUT2D eigenvalue weighted by Crippen LogP contribution is 2.33. The number of alkyl halides is 3. The molecule has 0 saturated carbocycles. The number of carbonyl (C=O) groups is 2. The van der Waals surface area contributed by atoms with Gasteiger partial charge in [0.05, 0.1) is 16.1 Å². The van der Waals surface area contributed by atoms with Gasteiger partial charge in [0.1, 0.15) is 12.6 Å². The van der Waals surface area contributed by atoms with E-state index in [0.29, 0.717) is 27.5 Å². The number of benzene rings is 3. The number of sulfonamides is 1. The Kier molecular flexibility index (Phi) is 11.5. The van der Waals surface area contributed by atoms with Crippen LogP contribution in [-0.2, 0) is 32.3 Å². The normalized spacial score (nSPS) is 12.6. The summed E-state index contributed by atoms with van der Waals surface area (Å²) < 4.78 is 69.1. The monoisotopic (exact) mass is 657 g/mol. The second kappa shape index (κ2) is 14.5. The lowest BCUT2D eigenvalue weighted by Gasteiger charge is -2.33. The van der Waals surface area contributed by atoms with E-state index in [4.69, 9.17) is 23.2 Å². The predicted molar refractivity (Wildman–Crippen MR) is 161 cm³/mol. The highest BCUT2D eigenvalue weighted by molar-refractivity contribution is 7.92. The smallest absolute Gasteiger partial charge is 0.354 e. The summed E-state index contributed by atoms with van der Waals surface area (Å²) in [6.07, 6.45) is -4.60. The Labute approximate surface area is 259 Å². The van der Waals surface area contributed by atoms with Crippen molar-refractivity contribution in [1.82, 2.24) is 10.2 Å². The average molecular weight is 659 g/mol. The fourth-order valence-corrected chi connectivity index (χ4v) is 6.16. The van der Waals surface area contributed by atoms with E-state index in [9.17, 15) is 31.2 Å². The second-order valence-electron chi connectivity index (χ2n) is 10.2. The number of halogens is 5. The largest absolute Gasteiger partial charge is 0.416 e. The Hall–Kier alpha value is -3.28. The van der Waals surface area contributed by atoms with Crippen molar-refractivity contribution in [3.63, 3.8) is 0 Å². The molecular weight excluding hydrogens is 626 g/mol. The van der Waals surface area contributed by atoms with Gasteiger partial charge in [-0.1, -0.05) is 74.3 Å². The Morgan fingerprint density at radius 2 is 1.63 bits per heavy atom. The van der Waals surface area contributed by atoms with E-state index >= 15 is 0 Å². The van der Waals surface area contributed by atoms with Crippen molar-refractivity contribution in [2.24, 2.45) is 5.92 Å². The number of hydrogen-bond acceptors (Lipinski definition) is 4. The van der Waals surface area contributed by atoms with Crippen molar-refractivity contribution in [2.45, 2.75) is 50.9 Å². The summed E-state index contributed by atoms with van der Waals surface area (Å²) in [6, 6.07) is 14.3. The minimum Gasteiger partial charge on any atom is -0.354 e. The number of amides is 2. The summed E-state index contributed by atoms with van der Waals surface area (Å²) in [5.74, 6) is -1.18. The van der Waals surface area contributed by atoms with Gasteiger partial charge < -0.3 is 10.2 Å². The molecule has 3 aromatic rings. The zero-order valence-corrected chi connectivity index (χ0v) is 26.1. The Morgan fingerprint density at radius 1 is 0.953 bits per heavy atom. The van der Waals surface area contributed by atoms with Crippen LogP contribution in [0.2, 0.25) is 10.0 Å². The van der Waals surface area contributed by atoms with E-state index in [0.717, 1.165) is 12.1 Å². The van der Waals surface area contributed by atoms with Crippen molar-refractivity contribution < 1.29 is 31.2 Å². The summed E-state index contributed by atoms with van der Waals surface area (Å²) in [6.45, 7) is 4.74. The summed E-state index contributed by atoms with van der Waals surface area (Å²) in [5.41, 5.74) is -1.02. The number of nitrogens with zero attached hydrogens (tertiary/aromatic N) is 2. The molecule has 232 valence electrons. The third-order valence-corrected chi connectivity index (χ3v) is 8.87. The standard InChI is InChI=1S/C30H32Cl2F3N3O4S/c1-4-27(29(40)36-17-20(2)3)37(18-21-13-14-23(31)16-26(21)32)28(39)19-38(43(41,42)25-11-6-5-7-12-25)24-10-8-9-22(15-24)30(33,34)35/h5-16,20,27H,4,17-19H2,1-3H3,(H,36,40)/t27-/m0/s1. The van der Waals surface area contributed by atoms with Crippen LogP contribution in [-0.4, -0.2) is 44.3 Å². The number of hydrogen-bond donors (Lipinski definition) is 1. The fourth-order valence-electron chi connectivity index (χ4n) is 4.26. The van der Waals surface area contributed by atoms with Crippen molar-refractivity contribution in [3.05, 3.63) is 94.0 Å². The summed E-state index contributed by atoms with van der Waals surface area (Å²) in [5, 5.41) is 3.36. The minimum atomic E-state index is -4.76. The van der Waals surface area contributed by atoms with Crippen LogP contribution in [0.5, 0.6) is 0 Å². The van der Waals surface area contributed by atoms with Crippen LogP contribution < -0.4 is 9.62 Å². The molecule has 0 aliphatic rings. The molecule has 13 heteroatoms. The lowest BCUT2D eigenvalue weighted by molar-refractivity contribution is -0.140. The van der Waals surface area contributed by atoms with E-state index < -0.39 is 46.2 Å². The van der Waals surface area contributed by atoms with Gasteiger partial charge in [-0.15, -0.1) is 0 Å². The van der Waals surface area contributed by atoms with Gasteiger partial charge in [0.15, 0.2) is 0 Å². The maximum atomic E-state index is 14.1. The zero-order valence-electron chi connectivity index (χ0n) is 23.7. The third-order valence-electron chi connectivity index (χ3n) is 6.50. The van der Waals surface area contributed by atoms with E-state index in [-0.39, 0.29) is 34.5 Å². The molecular formula is C30H32Cl2F3N3O4S. The highest BCUT2D eigenvalue weighted by Gasteiger charge is 2.36. The van der Waals surface area contributed by atoms with Gasteiger partial charge in [0.2, 0.25) is 11.8 Å². The number of rotatable bonds is 12. The molecule has 0 radical (unpaired) electrons. The van der Waals surface area contributed by atoms with Crippen LogP contribution in [0.4, 0.5) is 18.9 Å². The Bertz CT molecular complexity index is 1540. The van der Waals surface area contributed by atoms with Gasteiger partial charge >= 0.3 is 6.18 Å². The van der Waals surface area contributed by atoms with Crippen LogP contribution in [0, 0.1) is 5.92 Å². The third kappa shape index (κ3) is 8.87. The molecule has 0 aliphatic heterocycles. The van der Waals surface area contributed by atoms with E-state index in [2.05, 4.69) is 5.32 Å². The minimum absolute atomic E-state index is 0.115. The van der Waals surface area contributed by atoms with Crippen LogP contribution in [0.1, 0.15) is 38.3 Å². The molecule has 0 saturated heterocycles. The molecule has 1 N–H and O–H groups in total. The van der Waals surface area contributed by atoms with Crippen LogP contribution in [0.25, 0.3) is 0 Å². The van der Waals surface area contributed by atoms with Gasteiger partial charge in [-0.25, -0.2) is 8.42 Å². The van der Waals surface area contributed by atoms with Crippen LogP contribution >= 0.6 is 23.2 Å². The van der Waals surface area contributed by atoms with Crippen molar-refractivity contribution >= 4 is 50.7 Å². The molecule has 0 heterocycles. The Balaban J connectivity index is 2.12. The first kappa shape index (κ1) is 34.2. The lowest BCUT2D eigenvalue weighted by Crippen LogP contribution is -2.52. The van der Waals surface area contributed by atoms with E-state index in [1.165, 1.54) is 41.3 Å². The lowest BCUT2D eigenvalue weighted by atomic mass is 10.1. The molecule has 7 nitrogen and oxygen atoms in total. The summed E-state index contributed by atoms with van der Waals surface area (Å²) in [7, 11) is -4.53. The fraction of sp³-hybridized carbons (Fsp3) is 0.333. The first-order valence-electron chi connectivity index (χ1n) is 13.4. The maximum Gasteiger partial charge on any atom is 0.416 e. The van der Waals surface area contributed by atoms with Gasteiger partial charge in [-0.3, -0.25) is 13.9 Å². The molecule has 0 spiro atoms. The van der Waals surface area contributed by atoms with E-state index in [1.807, 2.05) is 13.8 Å². The molecule has 1 atom stereocenters. The van der Waals surface area contributed by atoms with E-state index in [1.54, 1.807) is 25.1 Å². The molecule has 0 fully saturated rings. The predicted octanol–water partition coefficient (Wildman–Crippen LogP) is 6.79. The average Bonchev–Trinajstić information content (AvgIpc) is 2.95. The van der Waals surface area contributed by atoms with Crippen molar-refractivity contribution in [2.75, 3.05) is 17.4 Å². The molecule has 2 amide bonds. The quantitative estimate of drug-likeness (QED) is 0.232. The Morgan fingerprint density at radius 3 is 2.21 bits per heavy atom. The first-order chi connectivity index (χ1) is 20.1. The van der Waals surface area contributed by atoms with Crippen molar-refractivity contribution in [3.8, 4) is 0 Å². The summed E-state index contributed by atoms with van der Waals surface area (Å²) >= 11 is 12.4. The van der Waals surface area contributed by atoms with Crippen molar-refractivity contribution in [1.29, 1.82) is 0 Å². The zero-order chi connectivity index (χ0) is 31.9. The number of nitrogens with one attached hydrogen (secondary N) is 1. The molecule has 0 aliphatic carbocycles. The van der Waals surface area contributed by atoms with Gasteiger partial charge in [-0.05, 0) is 60.4 Å². The second-order valence-corrected chi connectivity index (χ2v) is 12.9.